The fraction of sp³-hybridized carbons (Fsp3) is 0.700. The van der Waals surface area contributed by atoms with Gasteiger partial charge in [-0.25, -0.2) is 18.0 Å². The summed E-state index contributed by atoms with van der Waals surface area (Å²) in [5.41, 5.74) is -0.787. The third-order valence-electron chi connectivity index (χ3n) is 8.46. The van der Waals surface area contributed by atoms with Gasteiger partial charge in [0, 0.05) is 0 Å². The average Bonchev–Trinajstić information content (AvgIpc) is 3.07. The van der Waals surface area contributed by atoms with Gasteiger partial charge in [0.05, 0.1) is 29.2 Å². The molecule has 0 bridgehead atoms. The van der Waals surface area contributed by atoms with E-state index < -0.39 is 32.5 Å². The molecule has 0 amide bonds. The van der Waals surface area contributed by atoms with Crippen LogP contribution in [0.3, 0.4) is 0 Å². The van der Waals surface area contributed by atoms with Crippen LogP contribution in [0, 0.1) is 0 Å². The average molecular weight is 729 g/mol. The van der Waals surface area contributed by atoms with Crippen LogP contribution < -0.4 is 51.4 Å². The topological polar surface area (TPSA) is 110 Å². The molecule has 0 aromatic heterocycles. The van der Waals surface area contributed by atoms with Crippen LogP contribution in [0.15, 0.2) is 47.4 Å². The van der Waals surface area contributed by atoms with E-state index in [9.17, 15) is 22.6 Å². The minimum absolute atomic E-state index is 0. The monoisotopic (exact) mass is 728 g/mol. The number of allylic oxidation sites excluding steroid dienone is 4. The summed E-state index contributed by atoms with van der Waals surface area (Å²) < 4.78 is 46.5. The molecule has 0 N–H and O–H groups in total. The SMILES string of the molecule is CCC/C=C/CCCCCCCCCCCOC(=O)c1cccc(S(=O)(=O)[O-])c1C(=O)OCCCCCCCCCCC/C=C/CCC.[K+]. The normalized spacial score (nSPS) is 11.7. The number of carbonyl (C=O) groups is 2. The van der Waals surface area contributed by atoms with E-state index in [-0.39, 0.29) is 70.2 Å². The summed E-state index contributed by atoms with van der Waals surface area (Å²) in [6.07, 6.45) is 36.1. The van der Waals surface area contributed by atoms with Gasteiger partial charge < -0.3 is 14.0 Å². The molecule has 0 saturated heterocycles. The summed E-state index contributed by atoms with van der Waals surface area (Å²) >= 11 is 0. The maximum Gasteiger partial charge on any atom is 1.00 e. The fourth-order valence-electron chi connectivity index (χ4n) is 5.61. The summed E-state index contributed by atoms with van der Waals surface area (Å²) in [6.45, 7) is 4.63. The molecule has 1 rings (SSSR count). The van der Waals surface area contributed by atoms with Gasteiger partial charge in [-0.05, 0) is 63.5 Å². The van der Waals surface area contributed by atoms with Gasteiger partial charge in [0.25, 0.3) is 0 Å². The molecule has 0 spiro atoms. The van der Waals surface area contributed by atoms with E-state index in [1.54, 1.807) is 0 Å². The van der Waals surface area contributed by atoms with Crippen molar-refractivity contribution in [3.05, 3.63) is 53.6 Å². The first-order chi connectivity index (χ1) is 23.3. The summed E-state index contributed by atoms with van der Waals surface area (Å²) in [5, 5.41) is 0. The molecule has 1 aromatic rings. The maximum absolute atomic E-state index is 12.9. The van der Waals surface area contributed by atoms with Crippen molar-refractivity contribution in [2.45, 2.75) is 173 Å². The number of carbonyl (C=O) groups excluding carboxylic acids is 2. The Labute approximate surface area is 342 Å². The molecule has 49 heavy (non-hydrogen) atoms. The van der Waals surface area contributed by atoms with Crippen molar-refractivity contribution < 1.29 is 83.4 Å². The Bertz CT molecular complexity index is 1150. The second-order valence-corrected chi connectivity index (χ2v) is 14.2. The van der Waals surface area contributed by atoms with E-state index in [4.69, 9.17) is 9.47 Å². The Balaban J connectivity index is 0.0000230. The number of esters is 2. The molecular weight excluding hydrogens is 664 g/mol. The number of hydrogen-bond donors (Lipinski definition) is 0. The van der Waals surface area contributed by atoms with E-state index in [0.717, 1.165) is 44.6 Å². The Morgan fingerprint density at radius 3 is 1.35 bits per heavy atom. The van der Waals surface area contributed by atoms with E-state index in [1.165, 1.54) is 115 Å². The van der Waals surface area contributed by atoms with Crippen molar-refractivity contribution in [2.75, 3.05) is 13.2 Å². The van der Waals surface area contributed by atoms with E-state index >= 15 is 0 Å². The Morgan fingerprint density at radius 1 is 0.571 bits per heavy atom. The summed E-state index contributed by atoms with van der Waals surface area (Å²) in [4.78, 5) is 25.0. The predicted molar refractivity (Wildman–Crippen MR) is 195 cm³/mol. The standard InChI is InChI=1S/C40H66O7S.K/c1-3-5-7-9-11-13-15-17-19-21-23-25-27-29-34-46-39(41)36-32-31-33-37(48(43,44)45)38(36)40(42)47-35-30-28-26-24-22-20-18-16-14-12-10-8-6-4-2;/h7-10,31-33H,3-6,11-30,34-35H2,1-2H3,(H,43,44,45);/q;+1/p-1/b9-7+,10-8+;. The van der Waals surface area contributed by atoms with Gasteiger partial charge in [0.15, 0.2) is 0 Å². The molecule has 7 nitrogen and oxygen atoms in total. The molecule has 274 valence electrons. The van der Waals surface area contributed by atoms with Gasteiger partial charge in [0.2, 0.25) is 0 Å². The molecule has 0 aliphatic heterocycles. The Morgan fingerprint density at radius 2 is 0.939 bits per heavy atom. The number of unbranched alkanes of at least 4 members (excludes halogenated alkanes) is 20. The van der Waals surface area contributed by atoms with Crippen molar-refractivity contribution in [2.24, 2.45) is 0 Å². The third-order valence-corrected chi connectivity index (χ3v) is 9.34. The second kappa shape index (κ2) is 33.1. The van der Waals surface area contributed by atoms with E-state index in [0.29, 0.717) is 12.8 Å². The molecule has 0 saturated carbocycles. The van der Waals surface area contributed by atoms with Crippen molar-refractivity contribution in [1.82, 2.24) is 0 Å². The quantitative estimate of drug-likeness (QED) is 0.0248. The van der Waals surface area contributed by atoms with Crippen molar-refractivity contribution >= 4 is 22.1 Å². The van der Waals surface area contributed by atoms with E-state index in [1.807, 2.05) is 0 Å². The van der Waals surface area contributed by atoms with Crippen molar-refractivity contribution in [1.29, 1.82) is 0 Å². The smallest absolute Gasteiger partial charge is 0.744 e. The Hall–Kier alpha value is -0.814. The predicted octanol–water partition coefficient (Wildman–Crippen LogP) is 8.42. The molecule has 0 unspecified atom stereocenters. The number of benzene rings is 1. The molecule has 0 atom stereocenters. The molecule has 0 aliphatic rings. The number of ether oxygens (including phenoxy) is 2. The fourth-order valence-corrected chi connectivity index (χ4v) is 6.30. The zero-order chi connectivity index (χ0) is 35.1. The van der Waals surface area contributed by atoms with Crippen LogP contribution in [0.25, 0.3) is 0 Å². The molecule has 0 radical (unpaired) electrons. The molecular formula is C40H65KO7S. The third kappa shape index (κ3) is 25.7. The van der Waals surface area contributed by atoms with Gasteiger partial charge >= 0.3 is 63.3 Å². The van der Waals surface area contributed by atoms with Gasteiger partial charge in [0.1, 0.15) is 10.1 Å². The van der Waals surface area contributed by atoms with E-state index in [2.05, 4.69) is 38.2 Å². The molecule has 0 heterocycles. The van der Waals surface area contributed by atoms with Gasteiger partial charge in [-0.2, -0.15) is 0 Å². The first-order valence-electron chi connectivity index (χ1n) is 19.1. The summed E-state index contributed by atoms with van der Waals surface area (Å²) in [6, 6.07) is 3.60. The van der Waals surface area contributed by atoms with Crippen LogP contribution in [-0.4, -0.2) is 38.1 Å². The minimum Gasteiger partial charge on any atom is -0.744 e. The largest absolute Gasteiger partial charge is 1.00 e. The zero-order valence-electron chi connectivity index (χ0n) is 31.2. The van der Waals surface area contributed by atoms with Crippen LogP contribution in [0.5, 0.6) is 0 Å². The van der Waals surface area contributed by atoms with Crippen LogP contribution in [0.4, 0.5) is 0 Å². The van der Waals surface area contributed by atoms with Crippen molar-refractivity contribution in [3.63, 3.8) is 0 Å². The maximum atomic E-state index is 12.9. The van der Waals surface area contributed by atoms with Crippen molar-refractivity contribution in [3.8, 4) is 0 Å². The van der Waals surface area contributed by atoms with Gasteiger partial charge in [-0.1, -0.05) is 147 Å². The number of rotatable bonds is 31. The number of hydrogen-bond acceptors (Lipinski definition) is 7. The van der Waals surface area contributed by atoms with Gasteiger partial charge in [-0.3, -0.25) is 0 Å². The zero-order valence-corrected chi connectivity index (χ0v) is 35.1. The molecule has 0 fully saturated rings. The summed E-state index contributed by atoms with van der Waals surface area (Å²) in [5.74, 6) is -1.82. The minimum atomic E-state index is -5.01. The molecule has 0 aliphatic carbocycles. The molecule has 9 heteroatoms. The van der Waals surface area contributed by atoms with Crippen LogP contribution >= 0.6 is 0 Å². The Kier molecular flexibility index (Phi) is 32.5. The van der Waals surface area contributed by atoms with Gasteiger partial charge in [-0.15, -0.1) is 0 Å². The van der Waals surface area contributed by atoms with Crippen LogP contribution in [0.1, 0.15) is 189 Å². The first-order valence-corrected chi connectivity index (χ1v) is 20.5. The van der Waals surface area contributed by atoms with Crippen LogP contribution in [0.2, 0.25) is 0 Å². The first kappa shape index (κ1) is 48.2. The van der Waals surface area contributed by atoms with Crippen LogP contribution in [-0.2, 0) is 19.6 Å². The second-order valence-electron chi connectivity index (χ2n) is 12.9. The summed E-state index contributed by atoms with van der Waals surface area (Å²) in [7, 11) is -5.01. The molecule has 1 aromatic carbocycles.